The highest BCUT2D eigenvalue weighted by atomic mass is 19.1. The van der Waals surface area contributed by atoms with E-state index in [0.29, 0.717) is 17.0 Å². The first-order valence-corrected chi connectivity index (χ1v) is 8.74. The molecule has 2 aromatic carbocycles. The van der Waals surface area contributed by atoms with Gasteiger partial charge in [0.2, 0.25) is 5.91 Å². The van der Waals surface area contributed by atoms with E-state index in [1.807, 2.05) is 19.9 Å². The molecule has 0 aliphatic rings. The van der Waals surface area contributed by atoms with Gasteiger partial charge in [-0.05, 0) is 57.2 Å². The van der Waals surface area contributed by atoms with Crippen LogP contribution < -0.4 is 10.1 Å². The predicted octanol–water partition coefficient (Wildman–Crippen LogP) is 4.42. The molecule has 3 aromatic rings. The Morgan fingerprint density at radius 1 is 1.19 bits per heavy atom. The maximum Gasteiger partial charge on any atom is 0.248 e. The second kappa shape index (κ2) is 8.03. The number of carbonyl (C=O) groups is 1. The third-order valence-electron chi connectivity index (χ3n) is 4.26. The number of nitrogens with one attached hydrogen (secondary N) is 1. The number of rotatable bonds is 6. The second-order valence-corrected chi connectivity index (χ2v) is 6.44. The van der Waals surface area contributed by atoms with E-state index in [2.05, 4.69) is 10.4 Å². The van der Waals surface area contributed by atoms with Crippen molar-refractivity contribution in [3.05, 3.63) is 77.4 Å². The van der Waals surface area contributed by atoms with E-state index in [1.165, 1.54) is 6.07 Å². The topological polar surface area (TPSA) is 56.2 Å². The monoisotopic (exact) mass is 367 g/mol. The number of hydrogen-bond acceptors (Lipinski definition) is 3. The summed E-state index contributed by atoms with van der Waals surface area (Å²) in [6.07, 6.45) is 0. The first-order valence-electron chi connectivity index (χ1n) is 8.74. The number of aromatic nitrogens is 2. The van der Waals surface area contributed by atoms with Crippen molar-refractivity contribution >= 4 is 11.6 Å². The van der Waals surface area contributed by atoms with E-state index in [-0.39, 0.29) is 18.3 Å². The molecule has 5 nitrogen and oxygen atoms in total. The maximum atomic E-state index is 13.6. The fraction of sp³-hybridized carbons (Fsp3) is 0.238. The fourth-order valence-electron chi connectivity index (χ4n) is 2.81. The van der Waals surface area contributed by atoms with Gasteiger partial charge < -0.3 is 10.1 Å². The zero-order chi connectivity index (χ0) is 19.4. The van der Waals surface area contributed by atoms with Crippen molar-refractivity contribution in [1.29, 1.82) is 0 Å². The summed E-state index contributed by atoms with van der Waals surface area (Å²) in [5.74, 6) is 0.156. The molecular weight excluding hydrogens is 345 g/mol. The molecule has 1 amide bonds. The van der Waals surface area contributed by atoms with Gasteiger partial charge in [-0.3, -0.25) is 9.48 Å². The number of benzene rings is 2. The van der Waals surface area contributed by atoms with Gasteiger partial charge in [-0.1, -0.05) is 18.2 Å². The van der Waals surface area contributed by atoms with Gasteiger partial charge in [-0.25, -0.2) is 4.39 Å². The predicted molar refractivity (Wildman–Crippen MR) is 102 cm³/mol. The Hall–Kier alpha value is -3.15. The van der Waals surface area contributed by atoms with Crippen molar-refractivity contribution in [2.45, 2.75) is 33.4 Å². The van der Waals surface area contributed by atoms with Gasteiger partial charge in [0.1, 0.15) is 24.2 Å². The average molecular weight is 367 g/mol. The highest BCUT2D eigenvalue weighted by Crippen LogP contribution is 2.19. The molecule has 0 spiro atoms. The molecule has 1 heterocycles. The quantitative estimate of drug-likeness (QED) is 0.702. The zero-order valence-electron chi connectivity index (χ0n) is 15.6. The molecule has 0 unspecified atom stereocenters. The molecule has 0 saturated carbocycles. The summed E-state index contributed by atoms with van der Waals surface area (Å²) in [6, 6.07) is 15.0. The molecular formula is C21H22FN3O2. The number of halogens is 1. The first kappa shape index (κ1) is 18.6. The summed E-state index contributed by atoms with van der Waals surface area (Å²) in [5.41, 5.74) is 2.97. The average Bonchev–Trinajstić information content (AvgIpc) is 2.99. The van der Waals surface area contributed by atoms with Crippen molar-refractivity contribution in [2.75, 3.05) is 5.32 Å². The Morgan fingerprint density at radius 2 is 1.89 bits per heavy atom. The summed E-state index contributed by atoms with van der Waals surface area (Å²) in [5, 5.41) is 7.22. The van der Waals surface area contributed by atoms with E-state index < -0.39 is 6.04 Å². The first-order chi connectivity index (χ1) is 12.9. The summed E-state index contributed by atoms with van der Waals surface area (Å²) in [4.78, 5) is 12.5. The van der Waals surface area contributed by atoms with Crippen molar-refractivity contribution in [3.8, 4) is 5.75 Å². The summed E-state index contributed by atoms with van der Waals surface area (Å²) < 4.78 is 20.9. The Morgan fingerprint density at radius 3 is 2.52 bits per heavy atom. The van der Waals surface area contributed by atoms with Gasteiger partial charge in [0.15, 0.2) is 0 Å². The van der Waals surface area contributed by atoms with Crippen molar-refractivity contribution in [3.63, 3.8) is 0 Å². The van der Waals surface area contributed by atoms with Crippen LogP contribution in [0.5, 0.6) is 5.75 Å². The molecule has 1 atom stereocenters. The molecule has 0 aliphatic carbocycles. The minimum absolute atomic E-state index is 0.146. The lowest BCUT2D eigenvalue weighted by Crippen LogP contribution is -2.25. The van der Waals surface area contributed by atoms with Crippen molar-refractivity contribution in [1.82, 2.24) is 9.78 Å². The fourth-order valence-corrected chi connectivity index (χ4v) is 2.81. The number of nitrogens with zero attached hydrogens (tertiary/aromatic N) is 2. The molecule has 0 radical (unpaired) electrons. The van der Waals surface area contributed by atoms with Crippen LogP contribution in [-0.4, -0.2) is 15.7 Å². The van der Waals surface area contributed by atoms with Crippen LogP contribution in [-0.2, 0) is 11.4 Å². The largest absolute Gasteiger partial charge is 0.489 e. The summed E-state index contributed by atoms with van der Waals surface area (Å²) in [7, 11) is 0. The van der Waals surface area contributed by atoms with Crippen LogP contribution in [0.3, 0.4) is 0 Å². The SMILES string of the molecule is Cc1cc(C)n([C@@H](C)C(=O)Nc2ccc(OCc3ccccc3F)cc2)n1. The van der Waals surface area contributed by atoms with Crippen LogP contribution in [0.15, 0.2) is 54.6 Å². The molecule has 0 aliphatic heterocycles. The van der Waals surface area contributed by atoms with Crippen LogP contribution in [0.1, 0.15) is 29.9 Å². The van der Waals surface area contributed by atoms with Crippen LogP contribution in [0.4, 0.5) is 10.1 Å². The van der Waals surface area contributed by atoms with Gasteiger partial charge in [-0.15, -0.1) is 0 Å². The Labute approximate surface area is 157 Å². The van der Waals surface area contributed by atoms with Crippen LogP contribution in [0, 0.1) is 19.7 Å². The Bertz CT molecular complexity index is 935. The lowest BCUT2D eigenvalue weighted by molar-refractivity contribution is -0.119. The van der Waals surface area contributed by atoms with E-state index in [0.717, 1.165) is 11.4 Å². The maximum absolute atomic E-state index is 13.6. The van der Waals surface area contributed by atoms with E-state index in [4.69, 9.17) is 4.74 Å². The molecule has 0 saturated heterocycles. The van der Waals surface area contributed by atoms with Crippen LogP contribution in [0.2, 0.25) is 0 Å². The normalized spacial score (nSPS) is 11.9. The van der Waals surface area contributed by atoms with E-state index in [9.17, 15) is 9.18 Å². The number of carbonyl (C=O) groups excluding carboxylic acids is 1. The molecule has 3 rings (SSSR count). The molecule has 27 heavy (non-hydrogen) atoms. The Balaban J connectivity index is 1.59. The smallest absolute Gasteiger partial charge is 0.248 e. The Kier molecular flexibility index (Phi) is 5.54. The molecule has 1 N–H and O–H groups in total. The van der Waals surface area contributed by atoms with Gasteiger partial charge in [0, 0.05) is 16.9 Å². The van der Waals surface area contributed by atoms with Crippen molar-refractivity contribution < 1.29 is 13.9 Å². The summed E-state index contributed by atoms with van der Waals surface area (Å²) >= 11 is 0. The van der Waals surface area contributed by atoms with E-state index >= 15 is 0 Å². The molecule has 140 valence electrons. The molecule has 0 bridgehead atoms. The van der Waals surface area contributed by atoms with Gasteiger partial charge >= 0.3 is 0 Å². The minimum atomic E-state index is -0.421. The number of aryl methyl sites for hydroxylation is 2. The highest BCUT2D eigenvalue weighted by molar-refractivity contribution is 5.93. The van der Waals surface area contributed by atoms with Crippen LogP contribution in [0.25, 0.3) is 0 Å². The standard InChI is InChI=1S/C21H22FN3O2/c1-14-12-15(2)25(24-14)16(3)21(26)23-18-8-10-19(11-9-18)27-13-17-6-4-5-7-20(17)22/h4-12,16H,13H2,1-3H3,(H,23,26)/t16-/m0/s1. The number of anilines is 1. The second-order valence-electron chi connectivity index (χ2n) is 6.44. The van der Waals surface area contributed by atoms with Gasteiger partial charge in [-0.2, -0.15) is 5.10 Å². The van der Waals surface area contributed by atoms with E-state index in [1.54, 1.807) is 54.1 Å². The molecule has 1 aromatic heterocycles. The number of hydrogen-bond donors (Lipinski definition) is 1. The van der Waals surface area contributed by atoms with Crippen molar-refractivity contribution in [2.24, 2.45) is 0 Å². The highest BCUT2D eigenvalue weighted by Gasteiger charge is 2.18. The van der Waals surface area contributed by atoms with Crippen LogP contribution >= 0.6 is 0 Å². The number of ether oxygens (including phenoxy) is 1. The lowest BCUT2D eigenvalue weighted by Gasteiger charge is -2.15. The number of amides is 1. The van der Waals surface area contributed by atoms with Gasteiger partial charge in [0.25, 0.3) is 0 Å². The van der Waals surface area contributed by atoms with Gasteiger partial charge in [0.05, 0.1) is 5.69 Å². The summed E-state index contributed by atoms with van der Waals surface area (Å²) in [6.45, 7) is 5.77. The molecule has 0 fully saturated rings. The third-order valence-corrected chi connectivity index (χ3v) is 4.26. The molecule has 6 heteroatoms. The third kappa shape index (κ3) is 4.53. The zero-order valence-corrected chi connectivity index (χ0v) is 15.6. The minimum Gasteiger partial charge on any atom is -0.489 e. The lowest BCUT2D eigenvalue weighted by atomic mass is 10.2.